The van der Waals surface area contributed by atoms with Crippen LogP contribution in [0.3, 0.4) is 0 Å². The van der Waals surface area contributed by atoms with Gasteiger partial charge in [-0.05, 0) is 73.1 Å². The number of methoxy groups -OCH3 is 1. The minimum absolute atomic E-state index is 0.0515. The number of halogens is 3. The zero-order chi connectivity index (χ0) is 22.4. The van der Waals surface area contributed by atoms with Gasteiger partial charge in [0.05, 0.1) is 17.3 Å². The van der Waals surface area contributed by atoms with Gasteiger partial charge in [0.2, 0.25) is 0 Å². The lowest BCUT2D eigenvalue weighted by atomic mass is 9.75. The number of carbonyl (C=O) groups excluding carboxylic acids is 1. The highest BCUT2D eigenvalue weighted by Gasteiger charge is 2.38. The first kappa shape index (κ1) is 20.9. The SMILES string of the molecule is COC1CC(NC(=O)OC2CC(c3c(-c4ccc(F)cc4)[nH]c4c(F)cc(F)cc34)C2)C1. The van der Waals surface area contributed by atoms with Crippen LogP contribution in [0.1, 0.15) is 37.2 Å². The van der Waals surface area contributed by atoms with Crippen molar-refractivity contribution in [3.63, 3.8) is 0 Å². The topological polar surface area (TPSA) is 63.4 Å². The van der Waals surface area contributed by atoms with Gasteiger partial charge in [0, 0.05) is 24.6 Å². The number of rotatable bonds is 5. The zero-order valence-corrected chi connectivity index (χ0v) is 17.5. The molecule has 5 nitrogen and oxygen atoms in total. The Bertz CT molecular complexity index is 1150. The Kier molecular flexibility index (Phi) is 5.33. The number of ether oxygens (including phenoxy) is 2. The van der Waals surface area contributed by atoms with E-state index in [4.69, 9.17) is 9.47 Å². The van der Waals surface area contributed by atoms with E-state index in [1.807, 2.05) is 0 Å². The molecule has 2 N–H and O–H groups in total. The van der Waals surface area contributed by atoms with Crippen LogP contribution in [-0.2, 0) is 9.47 Å². The lowest BCUT2D eigenvalue weighted by Gasteiger charge is -2.37. The summed E-state index contributed by atoms with van der Waals surface area (Å²) in [5.41, 5.74) is 2.27. The summed E-state index contributed by atoms with van der Waals surface area (Å²) in [5.74, 6) is -1.78. The predicted octanol–water partition coefficient (Wildman–Crippen LogP) is 5.40. The number of H-pyrrole nitrogens is 1. The Hall–Kier alpha value is -3.00. The van der Waals surface area contributed by atoms with Gasteiger partial charge in [-0.1, -0.05) is 0 Å². The lowest BCUT2D eigenvalue weighted by Crippen LogP contribution is -2.49. The highest BCUT2D eigenvalue weighted by Crippen LogP contribution is 2.46. The average molecular weight is 444 g/mol. The van der Waals surface area contributed by atoms with Gasteiger partial charge in [-0.25, -0.2) is 18.0 Å². The van der Waals surface area contributed by atoms with Crippen molar-refractivity contribution in [3.05, 3.63) is 59.4 Å². The van der Waals surface area contributed by atoms with Crippen LogP contribution in [0.25, 0.3) is 22.2 Å². The molecule has 0 atom stereocenters. The van der Waals surface area contributed by atoms with E-state index in [0.29, 0.717) is 29.5 Å². The van der Waals surface area contributed by atoms with Crippen LogP contribution in [0.4, 0.5) is 18.0 Å². The Balaban J connectivity index is 1.34. The van der Waals surface area contributed by atoms with E-state index in [0.717, 1.165) is 24.5 Å². The third kappa shape index (κ3) is 3.83. The molecule has 5 rings (SSSR count). The molecular formula is C24H23F3N2O3. The summed E-state index contributed by atoms with van der Waals surface area (Å²) in [6.07, 6.45) is 2.07. The van der Waals surface area contributed by atoms with Crippen molar-refractivity contribution in [3.8, 4) is 11.3 Å². The lowest BCUT2D eigenvalue weighted by molar-refractivity contribution is 0.00534. The quantitative estimate of drug-likeness (QED) is 0.554. The molecule has 0 spiro atoms. The number of benzene rings is 2. The summed E-state index contributed by atoms with van der Waals surface area (Å²) in [7, 11) is 1.65. The van der Waals surface area contributed by atoms with Crippen LogP contribution in [-0.4, -0.2) is 36.4 Å². The van der Waals surface area contributed by atoms with Gasteiger partial charge in [0.15, 0.2) is 0 Å². The van der Waals surface area contributed by atoms with Crippen LogP contribution in [0, 0.1) is 17.5 Å². The maximum Gasteiger partial charge on any atom is 0.407 e. The van der Waals surface area contributed by atoms with Gasteiger partial charge in [0.25, 0.3) is 0 Å². The molecule has 2 saturated carbocycles. The fraction of sp³-hybridized carbons (Fsp3) is 0.375. The van der Waals surface area contributed by atoms with Crippen molar-refractivity contribution in [2.24, 2.45) is 0 Å². The molecular weight excluding hydrogens is 421 g/mol. The van der Waals surface area contributed by atoms with Crippen molar-refractivity contribution in [1.82, 2.24) is 10.3 Å². The highest BCUT2D eigenvalue weighted by atomic mass is 19.1. The molecule has 2 aliphatic rings. The molecule has 0 unspecified atom stereocenters. The van der Waals surface area contributed by atoms with Crippen LogP contribution < -0.4 is 5.32 Å². The number of amides is 1. The molecule has 168 valence electrons. The molecule has 3 aromatic rings. The van der Waals surface area contributed by atoms with Gasteiger partial charge >= 0.3 is 6.09 Å². The molecule has 2 fully saturated rings. The smallest absolute Gasteiger partial charge is 0.407 e. The first-order valence-corrected chi connectivity index (χ1v) is 10.7. The Labute approximate surface area is 182 Å². The van der Waals surface area contributed by atoms with Gasteiger partial charge in [-0.2, -0.15) is 0 Å². The number of hydrogen-bond donors (Lipinski definition) is 2. The van der Waals surface area contributed by atoms with Crippen LogP contribution >= 0.6 is 0 Å². The van der Waals surface area contributed by atoms with E-state index >= 15 is 0 Å². The second-order valence-corrected chi connectivity index (χ2v) is 8.60. The minimum atomic E-state index is -0.684. The minimum Gasteiger partial charge on any atom is -0.446 e. The Morgan fingerprint density at radius 1 is 1.00 bits per heavy atom. The van der Waals surface area contributed by atoms with Crippen LogP contribution in [0.15, 0.2) is 36.4 Å². The summed E-state index contributed by atoms with van der Waals surface area (Å²) < 4.78 is 52.6. The van der Waals surface area contributed by atoms with Gasteiger partial charge in [-0.3, -0.25) is 0 Å². The number of alkyl carbamates (subject to hydrolysis) is 1. The first-order chi connectivity index (χ1) is 15.4. The summed E-state index contributed by atoms with van der Waals surface area (Å²) in [4.78, 5) is 15.2. The Morgan fingerprint density at radius 3 is 2.41 bits per heavy atom. The van der Waals surface area contributed by atoms with E-state index in [2.05, 4.69) is 10.3 Å². The normalized spacial score (nSPS) is 24.6. The number of aromatic amines is 1. The molecule has 0 saturated heterocycles. The van der Waals surface area contributed by atoms with Crippen molar-refractivity contribution in [2.75, 3.05) is 7.11 Å². The van der Waals surface area contributed by atoms with E-state index in [9.17, 15) is 18.0 Å². The molecule has 1 heterocycles. The second-order valence-electron chi connectivity index (χ2n) is 8.60. The van der Waals surface area contributed by atoms with E-state index in [-0.39, 0.29) is 35.5 Å². The molecule has 0 bridgehead atoms. The summed E-state index contributed by atoms with van der Waals surface area (Å²) in [6.45, 7) is 0. The Morgan fingerprint density at radius 2 is 1.72 bits per heavy atom. The second kappa shape index (κ2) is 8.16. The largest absolute Gasteiger partial charge is 0.446 e. The van der Waals surface area contributed by atoms with Crippen molar-refractivity contribution in [1.29, 1.82) is 0 Å². The monoisotopic (exact) mass is 444 g/mol. The zero-order valence-electron chi connectivity index (χ0n) is 17.5. The average Bonchev–Trinajstić information content (AvgIpc) is 3.06. The molecule has 1 aromatic heterocycles. The number of aromatic nitrogens is 1. The standard InChI is InChI=1S/C24H23F3N2O3/c1-31-17-10-16(11-17)28-24(30)32-18-6-13(7-18)21-19-8-15(26)9-20(27)23(19)29-22(21)12-2-4-14(25)5-3-12/h2-5,8-9,13,16-18,29H,6-7,10-11H2,1H3,(H,28,30). The van der Waals surface area contributed by atoms with Crippen LogP contribution in [0.2, 0.25) is 0 Å². The van der Waals surface area contributed by atoms with Gasteiger partial charge in [-0.15, -0.1) is 0 Å². The summed E-state index contributed by atoms with van der Waals surface area (Å²) in [6, 6.07) is 8.06. The third-order valence-electron chi connectivity index (χ3n) is 6.52. The third-order valence-corrected chi connectivity index (χ3v) is 6.52. The summed E-state index contributed by atoms with van der Waals surface area (Å²) in [5, 5.41) is 3.29. The maximum absolute atomic E-state index is 14.5. The molecule has 0 aliphatic heterocycles. The van der Waals surface area contributed by atoms with E-state index < -0.39 is 17.7 Å². The molecule has 2 aromatic carbocycles. The van der Waals surface area contributed by atoms with E-state index in [1.165, 1.54) is 18.2 Å². The number of carbonyl (C=O) groups is 1. The van der Waals surface area contributed by atoms with Crippen molar-refractivity contribution >= 4 is 17.0 Å². The maximum atomic E-state index is 14.5. The fourth-order valence-electron chi connectivity index (χ4n) is 4.63. The van der Waals surface area contributed by atoms with Crippen molar-refractivity contribution < 1.29 is 27.4 Å². The van der Waals surface area contributed by atoms with Crippen molar-refractivity contribution in [2.45, 2.75) is 49.9 Å². The van der Waals surface area contributed by atoms with Gasteiger partial charge < -0.3 is 19.8 Å². The molecule has 1 amide bonds. The van der Waals surface area contributed by atoms with Gasteiger partial charge in [0.1, 0.15) is 23.6 Å². The molecule has 2 aliphatic carbocycles. The summed E-state index contributed by atoms with van der Waals surface area (Å²) >= 11 is 0. The fourth-order valence-corrected chi connectivity index (χ4v) is 4.63. The number of nitrogens with one attached hydrogen (secondary N) is 2. The molecule has 0 radical (unpaired) electrons. The highest BCUT2D eigenvalue weighted by molar-refractivity contribution is 5.92. The van der Waals surface area contributed by atoms with Crippen LogP contribution in [0.5, 0.6) is 0 Å². The van der Waals surface area contributed by atoms with E-state index in [1.54, 1.807) is 19.2 Å². The molecule has 8 heteroatoms. The predicted molar refractivity (Wildman–Crippen MR) is 113 cm³/mol. The first-order valence-electron chi connectivity index (χ1n) is 10.7. The number of hydrogen-bond acceptors (Lipinski definition) is 3. The number of fused-ring (bicyclic) bond motifs is 1. The molecule has 32 heavy (non-hydrogen) atoms.